The number of hydrogen-bond acceptors (Lipinski definition) is 8. The summed E-state index contributed by atoms with van der Waals surface area (Å²) in [6.07, 6.45) is 0. The molecular weight excluding hydrogens is 470 g/mol. The molecule has 8 nitrogen and oxygen atoms in total. The van der Waals surface area contributed by atoms with Crippen molar-refractivity contribution in [2.45, 2.75) is 0 Å². The van der Waals surface area contributed by atoms with Crippen molar-refractivity contribution in [1.82, 2.24) is 0 Å². The van der Waals surface area contributed by atoms with Crippen LogP contribution in [0.2, 0.25) is 0 Å². The van der Waals surface area contributed by atoms with Crippen molar-refractivity contribution in [3.8, 4) is 23.0 Å². The predicted octanol–water partition coefficient (Wildman–Crippen LogP) is 7.06. The molecule has 1 fully saturated rings. The van der Waals surface area contributed by atoms with E-state index >= 15 is 0 Å². The normalized spacial score (nSPS) is 24.7. The number of nitrogens with zero attached hydrogens (tertiary/aromatic N) is 2. The fraction of sp³-hybridized carbons (Fsp3) is 0. The fourth-order valence-electron chi connectivity index (χ4n) is 5.87. The van der Waals surface area contributed by atoms with Crippen LogP contribution < -0.4 is 37.2 Å². The van der Waals surface area contributed by atoms with Crippen LogP contribution in [0.3, 0.4) is 0 Å². The van der Waals surface area contributed by atoms with Gasteiger partial charge in [0, 0.05) is 0 Å². The first kappa shape index (κ1) is 17.6. The van der Waals surface area contributed by atoms with Crippen molar-refractivity contribution in [2.75, 3.05) is 19.1 Å². The quantitative estimate of drug-likeness (QED) is 0.255. The molecule has 2 N–H and O–H groups in total. The Morgan fingerprint density at radius 2 is 0.794 bits per heavy atom. The Hall–Kier alpha value is -3.86. The van der Waals surface area contributed by atoms with E-state index in [1.807, 2.05) is 97.1 Å². The van der Waals surface area contributed by atoms with Crippen LogP contribution in [0.15, 0.2) is 97.1 Å². The molecule has 0 unspecified atom stereocenters. The molecule has 1 saturated heterocycles. The molecule has 9 rings (SSSR count). The van der Waals surface area contributed by atoms with Crippen LogP contribution in [0, 0.1) is 0 Å². The number of fused-ring (bicyclic) bond motifs is 6. The van der Waals surface area contributed by atoms with E-state index in [1.54, 1.807) is 0 Å². The van der Waals surface area contributed by atoms with E-state index in [-0.39, 0.29) is 0 Å². The summed E-state index contributed by atoms with van der Waals surface area (Å²) in [5.41, 5.74) is 3.47. The molecule has 4 aromatic rings. The molecule has 0 aliphatic carbocycles. The third kappa shape index (κ3) is 1.54. The Morgan fingerprint density at radius 1 is 0.441 bits per heavy atom. The van der Waals surface area contributed by atoms with Gasteiger partial charge in [0.25, 0.3) is 0 Å². The van der Waals surface area contributed by atoms with E-state index in [1.165, 1.54) is 0 Å². The predicted molar refractivity (Wildman–Crippen MR) is 134 cm³/mol. The molecule has 0 bridgehead atoms. The van der Waals surface area contributed by atoms with Crippen LogP contribution >= 0.6 is 15.0 Å². The number of rotatable bonds is 0. The van der Waals surface area contributed by atoms with Crippen molar-refractivity contribution in [3.63, 3.8) is 0 Å². The zero-order chi connectivity index (χ0) is 22.2. The summed E-state index contributed by atoms with van der Waals surface area (Å²) < 4.78 is 32.1. The Bertz CT molecular complexity index is 1410. The standard InChI is InChI=1S/C24H18N4O4P2/c1-5-13-21-17(9-1)25-33(29-21)27(19-11-3-7-15-23(19)31-33)34(26-18-10-2-6-14-22(18)30-34)28(33)20-12-4-8-16-24(20)32-34/h1-16,25-26H. The van der Waals surface area contributed by atoms with Gasteiger partial charge >= 0.3 is 195 Å². The van der Waals surface area contributed by atoms with Gasteiger partial charge in [0.1, 0.15) is 0 Å². The van der Waals surface area contributed by atoms with Gasteiger partial charge in [-0.2, -0.15) is 0 Å². The molecular formula is C24H18N4O4P2. The van der Waals surface area contributed by atoms with E-state index in [0.717, 1.165) is 45.7 Å². The summed E-state index contributed by atoms with van der Waals surface area (Å²) in [6.45, 7) is 0. The third-order valence-electron chi connectivity index (χ3n) is 6.95. The summed E-state index contributed by atoms with van der Waals surface area (Å²) in [4.78, 5) is 0. The third-order valence-corrected chi connectivity index (χ3v) is 17.6. The summed E-state index contributed by atoms with van der Waals surface area (Å²) >= 11 is 0. The van der Waals surface area contributed by atoms with Gasteiger partial charge in [-0.25, -0.2) is 0 Å². The van der Waals surface area contributed by atoms with Crippen molar-refractivity contribution < 1.29 is 18.1 Å². The number of hydrogen-bond donors (Lipinski definition) is 2. The van der Waals surface area contributed by atoms with E-state index in [9.17, 15) is 0 Å². The maximum absolute atomic E-state index is 6.96. The average molecular weight is 488 g/mol. The van der Waals surface area contributed by atoms with Crippen LogP contribution in [-0.2, 0) is 0 Å². The molecule has 34 heavy (non-hydrogen) atoms. The van der Waals surface area contributed by atoms with Gasteiger partial charge in [0.05, 0.1) is 0 Å². The van der Waals surface area contributed by atoms with E-state index in [2.05, 4.69) is 19.1 Å². The minimum absolute atomic E-state index is 0.719. The first-order valence-corrected chi connectivity index (χ1v) is 15.0. The average Bonchev–Trinajstić information content (AvgIpc) is 3.52. The molecule has 0 amide bonds. The van der Waals surface area contributed by atoms with Crippen LogP contribution in [0.25, 0.3) is 0 Å². The molecule has 168 valence electrons. The summed E-state index contributed by atoms with van der Waals surface area (Å²) in [6, 6.07) is 31.7. The summed E-state index contributed by atoms with van der Waals surface area (Å²) in [5, 5.41) is 7.45. The Kier molecular flexibility index (Phi) is 2.57. The second-order valence-corrected chi connectivity index (χ2v) is 15.7. The van der Waals surface area contributed by atoms with E-state index in [4.69, 9.17) is 18.1 Å². The molecule has 2 spiro atoms. The summed E-state index contributed by atoms with van der Waals surface area (Å²) in [7, 11) is -8.06. The number of benzene rings is 4. The first-order chi connectivity index (χ1) is 16.6. The van der Waals surface area contributed by atoms with Crippen LogP contribution in [-0.4, -0.2) is 0 Å². The molecule has 5 aliphatic heterocycles. The van der Waals surface area contributed by atoms with Crippen LogP contribution in [0.5, 0.6) is 23.0 Å². The molecule has 4 aromatic carbocycles. The molecule has 10 heteroatoms. The van der Waals surface area contributed by atoms with Crippen molar-refractivity contribution in [2.24, 2.45) is 0 Å². The van der Waals surface area contributed by atoms with Gasteiger partial charge in [-0.15, -0.1) is 0 Å². The fourth-order valence-corrected chi connectivity index (χ4v) is 19.2. The second-order valence-electron chi connectivity index (χ2n) is 8.84. The molecule has 0 atom stereocenters. The van der Waals surface area contributed by atoms with Gasteiger partial charge in [0.2, 0.25) is 0 Å². The SMILES string of the molecule is c1ccc2c(c1)NP13(O2)Oc2ccccc2N1P12(Nc4ccccc4O1)Oc1ccccc1N32. The van der Waals surface area contributed by atoms with Crippen molar-refractivity contribution in [1.29, 1.82) is 0 Å². The minimum atomic E-state index is -4.03. The number of para-hydroxylation sites is 8. The van der Waals surface area contributed by atoms with Gasteiger partial charge in [-0.3, -0.25) is 0 Å². The van der Waals surface area contributed by atoms with Crippen LogP contribution in [0.1, 0.15) is 0 Å². The number of nitrogens with one attached hydrogen (secondary N) is 2. The molecule has 0 aromatic heterocycles. The zero-order valence-corrected chi connectivity index (χ0v) is 19.4. The first-order valence-electron chi connectivity index (χ1n) is 11.1. The number of anilines is 4. The van der Waals surface area contributed by atoms with Gasteiger partial charge < -0.3 is 0 Å². The van der Waals surface area contributed by atoms with Crippen LogP contribution in [0.4, 0.5) is 22.7 Å². The zero-order valence-electron chi connectivity index (χ0n) is 17.7. The van der Waals surface area contributed by atoms with Gasteiger partial charge in [0.15, 0.2) is 0 Å². The van der Waals surface area contributed by atoms with Gasteiger partial charge in [-0.1, -0.05) is 0 Å². The monoisotopic (exact) mass is 488 g/mol. The molecule has 0 saturated carbocycles. The molecule has 5 heterocycles. The second kappa shape index (κ2) is 4.97. The van der Waals surface area contributed by atoms with E-state index < -0.39 is 15.0 Å². The van der Waals surface area contributed by atoms with Crippen molar-refractivity contribution >= 4 is 37.8 Å². The Morgan fingerprint density at radius 3 is 1.24 bits per heavy atom. The van der Waals surface area contributed by atoms with Crippen molar-refractivity contribution in [3.05, 3.63) is 97.1 Å². The van der Waals surface area contributed by atoms with E-state index in [0.29, 0.717) is 0 Å². The maximum atomic E-state index is 6.96. The Labute approximate surface area is 195 Å². The topological polar surface area (TPSA) is 67.5 Å². The van der Waals surface area contributed by atoms with Gasteiger partial charge in [-0.05, 0) is 0 Å². The summed E-state index contributed by atoms with van der Waals surface area (Å²) in [5.74, 6) is 2.90. The molecule has 5 aliphatic rings. The Balaban J connectivity index is 1.40. The molecule has 0 radical (unpaired) electrons.